The third-order valence-corrected chi connectivity index (χ3v) is 4.46. The number of nitrogens with zero attached hydrogens (tertiary/aromatic N) is 1. The van der Waals surface area contributed by atoms with Gasteiger partial charge in [0.05, 0.1) is 4.47 Å². The van der Waals surface area contributed by atoms with E-state index in [2.05, 4.69) is 36.8 Å². The Balaban J connectivity index is 2.25. The van der Waals surface area contributed by atoms with Gasteiger partial charge >= 0.3 is 0 Å². The fourth-order valence-electron chi connectivity index (χ4n) is 1.77. The highest BCUT2D eigenvalue weighted by Crippen LogP contribution is 2.33. The lowest BCUT2D eigenvalue weighted by atomic mass is 10.1. The molecular weight excluding hydrogens is 361 g/mol. The van der Waals surface area contributed by atoms with Crippen molar-refractivity contribution < 1.29 is 4.39 Å². The van der Waals surface area contributed by atoms with E-state index in [0.717, 1.165) is 23.2 Å². The number of hydrogen-bond donors (Lipinski definition) is 0. The average Bonchev–Trinajstić information content (AvgIpc) is 2.35. The molecule has 18 heavy (non-hydrogen) atoms. The van der Waals surface area contributed by atoms with E-state index in [-0.39, 0.29) is 10.6 Å². The van der Waals surface area contributed by atoms with Crippen LogP contribution in [0.3, 0.4) is 0 Å². The first-order valence-corrected chi connectivity index (χ1v) is 7.29. The smallest absolute Gasteiger partial charge is 0.137 e. The zero-order valence-electron chi connectivity index (χ0n) is 9.83. The van der Waals surface area contributed by atoms with Crippen molar-refractivity contribution in [2.24, 2.45) is 0 Å². The summed E-state index contributed by atoms with van der Waals surface area (Å²) < 4.78 is 14.0. The third kappa shape index (κ3) is 2.98. The molecule has 0 bridgehead atoms. The van der Waals surface area contributed by atoms with E-state index in [9.17, 15) is 4.39 Å². The van der Waals surface area contributed by atoms with Gasteiger partial charge in [-0.1, -0.05) is 34.1 Å². The fourth-order valence-corrected chi connectivity index (χ4v) is 3.31. The lowest BCUT2D eigenvalue weighted by Gasteiger charge is -2.13. The molecule has 1 aromatic carbocycles. The lowest BCUT2D eigenvalue weighted by Crippen LogP contribution is -2.01. The topological polar surface area (TPSA) is 12.9 Å². The van der Waals surface area contributed by atoms with Crippen LogP contribution in [0.5, 0.6) is 0 Å². The Hall–Kier alpha value is -0.740. The summed E-state index contributed by atoms with van der Waals surface area (Å²) in [5.74, 6) is -0.241. The molecule has 2 aromatic rings. The Morgan fingerprint density at radius 3 is 2.78 bits per heavy atom. The molecule has 0 saturated carbocycles. The summed E-state index contributed by atoms with van der Waals surface area (Å²) in [6.45, 7) is 2.03. The molecule has 1 unspecified atom stereocenters. The van der Waals surface area contributed by atoms with Gasteiger partial charge in [0.25, 0.3) is 0 Å². The average molecular weight is 373 g/mol. The molecule has 1 aromatic heterocycles. The Morgan fingerprint density at radius 2 is 2.06 bits per heavy atom. The number of alkyl halides is 1. The largest absolute Gasteiger partial charge is 0.261 e. The van der Waals surface area contributed by atoms with Crippen molar-refractivity contribution in [2.45, 2.75) is 18.2 Å². The van der Waals surface area contributed by atoms with Gasteiger partial charge in [-0.2, -0.15) is 0 Å². The minimum atomic E-state index is -0.241. The van der Waals surface area contributed by atoms with Gasteiger partial charge in [-0.15, -0.1) is 0 Å². The van der Waals surface area contributed by atoms with Gasteiger partial charge in [-0.05, 0) is 46.1 Å². The molecular formula is C14H12Br2FN. The Kier molecular flexibility index (Phi) is 4.51. The molecule has 1 heterocycles. The van der Waals surface area contributed by atoms with E-state index in [1.165, 1.54) is 6.07 Å². The maximum atomic E-state index is 13.5. The van der Waals surface area contributed by atoms with E-state index in [4.69, 9.17) is 0 Å². The van der Waals surface area contributed by atoms with Gasteiger partial charge in [0, 0.05) is 23.1 Å². The van der Waals surface area contributed by atoms with Crippen LogP contribution in [0.25, 0.3) is 0 Å². The van der Waals surface area contributed by atoms with Crippen LogP contribution < -0.4 is 0 Å². The second-order valence-electron chi connectivity index (χ2n) is 4.08. The molecule has 2 rings (SSSR count). The van der Waals surface area contributed by atoms with Crippen molar-refractivity contribution in [1.29, 1.82) is 0 Å². The van der Waals surface area contributed by atoms with E-state index in [0.29, 0.717) is 4.47 Å². The van der Waals surface area contributed by atoms with Gasteiger partial charge in [0.15, 0.2) is 0 Å². The quantitative estimate of drug-likeness (QED) is 0.693. The van der Waals surface area contributed by atoms with E-state index < -0.39 is 0 Å². The predicted octanol–water partition coefficient (Wildman–Crippen LogP) is 4.97. The zero-order chi connectivity index (χ0) is 13.1. The minimum Gasteiger partial charge on any atom is -0.261 e. The SMILES string of the molecule is Cc1cccnc1CC(Br)c1cccc(F)c1Br. The Bertz CT molecular complexity index is 557. The Labute approximate surface area is 123 Å². The van der Waals surface area contributed by atoms with Crippen molar-refractivity contribution >= 4 is 31.9 Å². The van der Waals surface area contributed by atoms with Crippen LogP contribution in [0.4, 0.5) is 4.39 Å². The monoisotopic (exact) mass is 371 g/mol. The molecule has 0 amide bonds. The zero-order valence-corrected chi connectivity index (χ0v) is 13.0. The number of aromatic nitrogens is 1. The number of rotatable bonds is 3. The van der Waals surface area contributed by atoms with Gasteiger partial charge in [0.2, 0.25) is 0 Å². The first kappa shape index (κ1) is 13.7. The highest BCUT2D eigenvalue weighted by atomic mass is 79.9. The summed E-state index contributed by atoms with van der Waals surface area (Å²) in [6, 6.07) is 9.02. The normalized spacial score (nSPS) is 12.4. The highest BCUT2D eigenvalue weighted by molar-refractivity contribution is 9.11. The maximum Gasteiger partial charge on any atom is 0.137 e. The molecule has 0 N–H and O–H groups in total. The first-order valence-electron chi connectivity index (χ1n) is 5.58. The molecule has 1 atom stereocenters. The predicted molar refractivity (Wildman–Crippen MR) is 78.4 cm³/mol. The molecule has 0 spiro atoms. The first-order chi connectivity index (χ1) is 8.59. The number of halogens is 3. The summed E-state index contributed by atoms with van der Waals surface area (Å²) in [5.41, 5.74) is 3.07. The second kappa shape index (κ2) is 5.93. The summed E-state index contributed by atoms with van der Waals surface area (Å²) >= 11 is 6.89. The minimum absolute atomic E-state index is 0.0381. The molecule has 0 fully saturated rings. The molecule has 4 heteroatoms. The highest BCUT2D eigenvalue weighted by Gasteiger charge is 2.15. The van der Waals surface area contributed by atoms with Crippen molar-refractivity contribution in [3.63, 3.8) is 0 Å². The van der Waals surface area contributed by atoms with Crippen LogP contribution >= 0.6 is 31.9 Å². The number of aryl methyl sites for hydroxylation is 1. The van der Waals surface area contributed by atoms with Gasteiger partial charge < -0.3 is 0 Å². The van der Waals surface area contributed by atoms with Crippen molar-refractivity contribution in [1.82, 2.24) is 4.98 Å². The van der Waals surface area contributed by atoms with E-state index >= 15 is 0 Å². The Morgan fingerprint density at radius 1 is 1.28 bits per heavy atom. The van der Waals surface area contributed by atoms with Crippen molar-refractivity contribution in [2.75, 3.05) is 0 Å². The van der Waals surface area contributed by atoms with Gasteiger partial charge in [0.1, 0.15) is 5.82 Å². The summed E-state index contributed by atoms with van der Waals surface area (Å²) in [7, 11) is 0. The third-order valence-electron chi connectivity index (χ3n) is 2.81. The summed E-state index contributed by atoms with van der Waals surface area (Å²) in [5, 5.41) is 0. The van der Waals surface area contributed by atoms with Gasteiger partial charge in [-0.3, -0.25) is 4.98 Å². The van der Waals surface area contributed by atoms with E-state index in [1.54, 1.807) is 12.3 Å². The van der Waals surface area contributed by atoms with Crippen LogP contribution in [0.15, 0.2) is 41.0 Å². The van der Waals surface area contributed by atoms with E-state index in [1.807, 2.05) is 25.1 Å². The maximum absolute atomic E-state index is 13.5. The van der Waals surface area contributed by atoms with Crippen LogP contribution in [0.1, 0.15) is 21.6 Å². The second-order valence-corrected chi connectivity index (χ2v) is 5.98. The lowest BCUT2D eigenvalue weighted by molar-refractivity contribution is 0.617. The fraction of sp³-hybridized carbons (Fsp3) is 0.214. The molecule has 0 aliphatic rings. The molecule has 0 saturated heterocycles. The van der Waals surface area contributed by atoms with Crippen LogP contribution in [0.2, 0.25) is 0 Å². The summed E-state index contributed by atoms with van der Waals surface area (Å²) in [4.78, 5) is 4.39. The van der Waals surface area contributed by atoms with Crippen LogP contribution in [0, 0.1) is 12.7 Å². The molecule has 94 valence electrons. The number of benzene rings is 1. The van der Waals surface area contributed by atoms with Crippen LogP contribution in [-0.4, -0.2) is 4.98 Å². The van der Waals surface area contributed by atoms with Gasteiger partial charge in [-0.25, -0.2) is 4.39 Å². The standard InChI is InChI=1S/C14H12Br2FN/c1-9-4-3-7-18-13(9)8-11(15)10-5-2-6-12(17)14(10)16/h2-7,11H,8H2,1H3. The number of hydrogen-bond acceptors (Lipinski definition) is 1. The van der Waals surface area contributed by atoms with Crippen LogP contribution in [-0.2, 0) is 6.42 Å². The van der Waals surface area contributed by atoms with Crippen molar-refractivity contribution in [3.05, 3.63) is 63.6 Å². The molecule has 0 aliphatic heterocycles. The molecule has 0 radical (unpaired) electrons. The molecule has 0 aliphatic carbocycles. The summed E-state index contributed by atoms with van der Waals surface area (Å²) in [6.07, 6.45) is 2.51. The van der Waals surface area contributed by atoms with Crippen molar-refractivity contribution in [3.8, 4) is 0 Å². The molecule has 1 nitrogen and oxygen atoms in total. The number of pyridine rings is 1.